The van der Waals surface area contributed by atoms with Gasteiger partial charge in [-0.1, -0.05) is 77.8 Å². The topological polar surface area (TPSA) is 217 Å². The van der Waals surface area contributed by atoms with Crippen molar-refractivity contribution in [2.24, 2.45) is 23.7 Å². The molecule has 1 aromatic carbocycles. The second-order valence-electron chi connectivity index (χ2n) is 14.6. The number of ketones is 1. The van der Waals surface area contributed by atoms with Gasteiger partial charge >= 0.3 is 5.97 Å². The number of likely N-dealkylation sites (tertiary alicyclic amines) is 1. The molecule has 0 bridgehead atoms. The molecule has 15 nitrogen and oxygen atoms in total. The number of hydrogen-bond donors (Lipinski definition) is 5. The van der Waals surface area contributed by atoms with Gasteiger partial charge in [0, 0.05) is 25.4 Å². The van der Waals surface area contributed by atoms with Crippen molar-refractivity contribution >= 4 is 41.3 Å². The number of nitrogens with zero attached hydrogens (tertiary/aromatic N) is 3. The zero-order valence-corrected chi connectivity index (χ0v) is 30.9. The number of carboxylic acids is 1. The molecule has 2 fully saturated rings. The van der Waals surface area contributed by atoms with Crippen LogP contribution in [0.25, 0.3) is 0 Å². The average molecular weight is 734 g/mol. The fourth-order valence-electron chi connectivity index (χ4n) is 7.22. The van der Waals surface area contributed by atoms with Gasteiger partial charge in [0.15, 0.2) is 0 Å². The van der Waals surface area contributed by atoms with Gasteiger partial charge in [-0.05, 0) is 48.5 Å². The Labute approximate surface area is 309 Å². The third-order valence-corrected chi connectivity index (χ3v) is 10.0. The van der Waals surface area contributed by atoms with Crippen molar-refractivity contribution in [3.05, 3.63) is 60.2 Å². The Morgan fingerprint density at radius 3 is 2.17 bits per heavy atom. The van der Waals surface area contributed by atoms with E-state index >= 15 is 0 Å². The summed E-state index contributed by atoms with van der Waals surface area (Å²) >= 11 is 0. The maximum Gasteiger partial charge on any atom is 0.326 e. The summed E-state index contributed by atoms with van der Waals surface area (Å²) in [7, 11) is 0. The first-order valence-corrected chi connectivity index (χ1v) is 18.3. The maximum absolute atomic E-state index is 14.3. The summed E-state index contributed by atoms with van der Waals surface area (Å²) in [6, 6.07) is 3.07. The first kappa shape index (κ1) is 40.6. The number of aromatic nitrogens is 2. The van der Waals surface area contributed by atoms with Gasteiger partial charge in [-0.2, -0.15) is 0 Å². The van der Waals surface area contributed by atoms with Crippen molar-refractivity contribution in [1.29, 1.82) is 0 Å². The maximum atomic E-state index is 14.3. The highest BCUT2D eigenvalue weighted by molar-refractivity contribution is 6.38. The zero-order valence-electron chi connectivity index (χ0n) is 30.9. The number of hydrogen-bond acceptors (Lipinski definition) is 9. The van der Waals surface area contributed by atoms with Crippen LogP contribution in [0.15, 0.2) is 48.9 Å². The lowest BCUT2D eigenvalue weighted by Crippen LogP contribution is -2.60. The van der Waals surface area contributed by atoms with Crippen LogP contribution in [-0.2, 0) is 35.2 Å². The standard InChI is InChI=1S/C38H51N7O8/c1-6-11-26(32(46)36(50)42-27(38(52)53)18-23-12-8-7-9-13-23)41-35(49)31-25-15-10-14-24(25)20-45(31)37(51)30(22(4)5)44-34(48)29(21(2)3)43-33(47)28-19-39-16-17-40-28/h7-9,12-13,16-17,19,21-22,24-27,29-31H,6,10-11,14-15,18,20H2,1-5H3,(H,41,49)(H,42,50)(H,43,47)(H,44,48)(H,52,53)/t24-,25-,26?,27-,29?,30-,31?/m0/s1. The molecule has 2 aromatic rings. The van der Waals surface area contributed by atoms with Crippen molar-refractivity contribution in [3.63, 3.8) is 0 Å². The normalized spacial score (nSPS) is 20.1. The summed E-state index contributed by atoms with van der Waals surface area (Å²) in [5.41, 5.74) is 0.691. The molecule has 53 heavy (non-hydrogen) atoms. The molecule has 0 radical (unpaired) electrons. The molecule has 5 amide bonds. The second-order valence-corrected chi connectivity index (χ2v) is 14.6. The third-order valence-electron chi connectivity index (χ3n) is 10.0. The summed E-state index contributed by atoms with van der Waals surface area (Å²) in [5.74, 6) is -6.53. The number of carbonyl (C=O) groups excluding carboxylic acids is 6. The van der Waals surface area contributed by atoms with Gasteiger partial charge in [-0.15, -0.1) is 0 Å². The van der Waals surface area contributed by atoms with Gasteiger partial charge in [0.25, 0.3) is 11.8 Å². The molecule has 286 valence electrons. The van der Waals surface area contributed by atoms with Crippen molar-refractivity contribution in [1.82, 2.24) is 36.1 Å². The molecule has 3 unspecified atom stereocenters. The summed E-state index contributed by atoms with van der Waals surface area (Å²) < 4.78 is 0. The van der Waals surface area contributed by atoms with Crippen molar-refractivity contribution in [3.8, 4) is 0 Å². The van der Waals surface area contributed by atoms with Gasteiger partial charge in [0.05, 0.1) is 12.2 Å². The number of nitrogens with one attached hydrogen (secondary N) is 4. The van der Waals surface area contributed by atoms with Crippen molar-refractivity contribution < 1.29 is 38.7 Å². The summed E-state index contributed by atoms with van der Waals surface area (Å²) in [6.45, 7) is 9.13. The van der Waals surface area contributed by atoms with Crippen LogP contribution in [0, 0.1) is 23.7 Å². The molecule has 7 atom stereocenters. The minimum absolute atomic E-state index is 0.0332. The van der Waals surface area contributed by atoms with Crippen LogP contribution in [0.4, 0.5) is 0 Å². The van der Waals surface area contributed by atoms with E-state index < -0.39 is 77.4 Å². The lowest BCUT2D eigenvalue weighted by Gasteiger charge is -2.34. The number of carbonyl (C=O) groups is 7. The highest BCUT2D eigenvalue weighted by Crippen LogP contribution is 2.42. The van der Waals surface area contributed by atoms with E-state index in [2.05, 4.69) is 31.2 Å². The molecule has 2 heterocycles. The van der Waals surface area contributed by atoms with Gasteiger partial charge in [0.1, 0.15) is 29.9 Å². The zero-order chi connectivity index (χ0) is 38.8. The van der Waals surface area contributed by atoms with E-state index in [1.165, 1.54) is 23.5 Å². The number of fused-ring (bicyclic) bond motifs is 1. The Hall–Kier alpha value is -5.21. The molecule has 1 saturated carbocycles. The highest BCUT2D eigenvalue weighted by atomic mass is 16.4. The molecule has 1 aromatic heterocycles. The number of carboxylic acid groups (broad SMARTS) is 1. The summed E-state index contributed by atoms with van der Waals surface area (Å²) in [4.78, 5) is 103. The van der Waals surface area contributed by atoms with E-state index in [-0.39, 0.29) is 42.8 Å². The van der Waals surface area contributed by atoms with E-state index in [0.29, 0.717) is 18.4 Å². The Kier molecular flexibility index (Phi) is 14.2. The van der Waals surface area contributed by atoms with Crippen LogP contribution in [0.1, 0.15) is 82.8 Å². The first-order valence-electron chi connectivity index (χ1n) is 18.3. The number of amides is 5. The third kappa shape index (κ3) is 10.2. The lowest BCUT2D eigenvalue weighted by molar-refractivity contribution is -0.146. The first-order chi connectivity index (χ1) is 25.2. The smallest absolute Gasteiger partial charge is 0.326 e. The molecule has 15 heteroatoms. The number of rotatable bonds is 17. The minimum Gasteiger partial charge on any atom is -0.480 e. The second kappa shape index (κ2) is 18.5. The monoisotopic (exact) mass is 733 g/mol. The van der Waals surface area contributed by atoms with Crippen LogP contribution >= 0.6 is 0 Å². The van der Waals surface area contributed by atoms with Gasteiger partial charge in [-0.3, -0.25) is 33.8 Å². The lowest BCUT2D eigenvalue weighted by atomic mass is 9.92. The van der Waals surface area contributed by atoms with Crippen molar-refractivity contribution in [2.75, 3.05) is 6.54 Å². The number of Topliss-reactive ketones (excluding diaryl/α,β-unsaturated/α-hetero) is 1. The van der Waals surface area contributed by atoms with Crippen LogP contribution in [-0.4, -0.2) is 98.0 Å². The molecular weight excluding hydrogens is 682 g/mol. The molecule has 1 aliphatic carbocycles. The fourth-order valence-corrected chi connectivity index (χ4v) is 7.22. The van der Waals surface area contributed by atoms with Gasteiger partial charge < -0.3 is 31.3 Å². The number of aliphatic carboxylic acids is 1. The Morgan fingerprint density at radius 1 is 0.868 bits per heavy atom. The number of benzene rings is 1. The van der Waals surface area contributed by atoms with E-state index in [0.717, 1.165) is 12.8 Å². The van der Waals surface area contributed by atoms with Crippen LogP contribution in [0.5, 0.6) is 0 Å². The Morgan fingerprint density at radius 2 is 1.57 bits per heavy atom. The molecule has 4 rings (SSSR count). The molecule has 1 aliphatic heterocycles. The largest absolute Gasteiger partial charge is 0.480 e. The quantitative estimate of drug-likeness (QED) is 0.148. The Balaban J connectivity index is 1.50. The molecule has 2 aliphatic rings. The van der Waals surface area contributed by atoms with Crippen LogP contribution < -0.4 is 21.3 Å². The van der Waals surface area contributed by atoms with E-state index in [1.807, 2.05) is 0 Å². The van der Waals surface area contributed by atoms with Crippen LogP contribution in [0.3, 0.4) is 0 Å². The molecule has 1 saturated heterocycles. The highest BCUT2D eigenvalue weighted by Gasteiger charge is 2.51. The van der Waals surface area contributed by atoms with Crippen molar-refractivity contribution in [2.45, 2.75) is 103 Å². The summed E-state index contributed by atoms with van der Waals surface area (Å²) in [5, 5.41) is 20.3. The molecule has 5 N–H and O–H groups in total. The molecule has 0 spiro atoms. The van der Waals surface area contributed by atoms with Gasteiger partial charge in [0.2, 0.25) is 23.5 Å². The van der Waals surface area contributed by atoms with E-state index in [4.69, 9.17) is 0 Å². The average Bonchev–Trinajstić information content (AvgIpc) is 3.74. The Bertz CT molecular complexity index is 1640. The van der Waals surface area contributed by atoms with Crippen LogP contribution in [0.2, 0.25) is 0 Å². The van der Waals surface area contributed by atoms with E-state index in [1.54, 1.807) is 65.0 Å². The summed E-state index contributed by atoms with van der Waals surface area (Å²) in [6.07, 6.45) is 6.93. The SMILES string of the molecule is CCCC(NC(=O)C1[C@H]2CCC[C@H]2CN1C(=O)[C@@H](NC(=O)C(NC(=O)c1cnccn1)C(C)C)C(C)C)C(=O)C(=O)N[C@@H](Cc1ccccc1)C(=O)O. The predicted octanol–water partition coefficient (Wildman–Crippen LogP) is 1.67. The minimum atomic E-state index is -1.37. The fraction of sp³-hybridized carbons (Fsp3) is 0.553. The van der Waals surface area contributed by atoms with Gasteiger partial charge in [-0.25, -0.2) is 9.78 Å². The predicted molar refractivity (Wildman–Crippen MR) is 193 cm³/mol. The van der Waals surface area contributed by atoms with E-state index in [9.17, 15) is 38.7 Å². The molecular formula is C38H51N7O8.